The minimum atomic E-state index is -0.00732. The first kappa shape index (κ1) is 13.5. The third kappa shape index (κ3) is 2.98. The molecule has 2 aromatic rings. The van der Waals surface area contributed by atoms with Crippen LogP contribution in [0.3, 0.4) is 0 Å². The maximum Gasteiger partial charge on any atom is 0.216 e. The van der Waals surface area contributed by atoms with Gasteiger partial charge < -0.3 is 5.32 Å². The molecule has 0 aromatic heterocycles. The lowest BCUT2D eigenvalue weighted by molar-refractivity contribution is -0.118. The Labute approximate surface area is 125 Å². The van der Waals surface area contributed by atoms with E-state index >= 15 is 0 Å². The maximum absolute atomic E-state index is 10.8. The molecule has 0 fully saturated rings. The number of amides is 1. The minimum Gasteiger partial charge on any atom is -0.355 e. The zero-order chi connectivity index (χ0) is 14.7. The first-order valence-electron chi connectivity index (χ1n) is 7.18. The highest BCUT2D eigenvalue weighted by molar-refractivity contribution is 5.77. The number of rotatable bonds is 2. The molecule has 0 saturated heterocycles. The summed E-state index contributed by atoms with van der Waals surface area (Å²) in [5, 5.41) is 2.74. The van der Waals surface area contributed by atoms with Gasteiger partial charge in [-0.15, -0.1) is 0 Å². The highest BCUT2D eigenvalue weighted by atomic mass is 16.1. The molecule has 21 heavy (non-hydrogen) atoms. The van der Waals surface area contributed by atoms with Crippen LogP contribution in [0.15, 0.2) is 42.5 Å². The van der Waals surface area contributed by atoms with E-state index in [1.807, 2.05) is 0 Å². The lowest BCUT2D eigenvalue weighted by Crippen LogP contribution is -2.20. The fraction of sp³-hybridized carbons (Fsp3) is 0.211. The van der Waals surface area contributed by atoms with Crippen LogP contribution in [0.1, 0.15) is 30.0 Å². The van der Waals surface area contributed by atoms with Crippen molar-refractivity contribution >= 4 is 5.91 Å². The van der Waals surface area contributed by atoms with E-state index in [-0.39, 0.29) is 5.91 Å². The Morgan fingerprint density at radius 3 is 2.81 bits per heavy atom. The number of hydrogen-bond acceptors (Lipinski definition) is 1. The summed E-state index contributed by atoms with van der Waals surface area (Å²) in [5.74, 6) is 6.27. The molecule has 2 nitrogen and oxygen atoms in total. The molecule has 0 unspecified atom stereocenters. The lowest BCUT2D eigenvalue weighted by Gasteiger charge is -2.00. The molecule has 3 rings (SSSR count). The highest BCUT2D eigenvalue weighted by Gasteiger charge is 2.17. The Kier molecular flexibility index (Phi) is 3.75. The SMILES string of the molecule is CC(=O)NCCC#Cc1ccc2c(c1)Cc1ccccc1-2. The number of carbonyl (C=O) groups is 1. The largest absolute Gasteiger partial charge is 0.355 e. The fourth-order valence-electron chi connectivity index (χ4n) is 2.69. The molecular weight excluding hydrogens is 258 g/mol. The molecule has 0 spiro atoms. The van der Waals surface area contributed by atoms with E-state index < -0.39 is 0 Å². The van der Waals surface area contributed by atoms with Gasteiger partial charge in [-0.25, -0.2) is 0 Å². The normalized spacial score (nSPS) is 11.1. The van der Waals surface area contributed by atoms with Gasteiger partial charge >= 0.3 is 0 Å². The number of fused-ring (bicyclic) bond motifs is 3. The average molecular weight is 275 g/mol. The van der Waals surface area contributed by atoms with Crippen molar-refractivity contribution in [2.75, 3.05) is 6.54 Å². The van der Waals surface area contributed by atoms with Crippen LogP contribution in [0.25, 0.3) is 11.1 Å². The number of nitrogens with one attached hydrogen (secondary N) is 1. The molecule has 2 aromatic carbocycles. The summed E-state index contributed by atoms with van der Waals surface area (Å²) in [5.41, 5.74) is 6.46. The molecule has 0 atom stereocenters. The summed E-state index contributed by atoms with van der Waals surface area (Å²) in [6, 6.07) is 15.0. The van der Waals surface area contributed by atoms with E-state index in [1.165, 1.54) is 29.2 Å². The first-order chi connectivity index (χ1) is 10.2. The lowest BCUT2D eigenvalue weighted by atomic mass is 10.0. The van der Waals surface area contributed by atoms with Crippen molar-refractivity contribution in [3.8, 4) is 23.0 Å². The summed E-state index contributed by atoms with van der Waals surface area (Å²) >= 11 is 0. The van der Waals surface area contributed by atoms with E-state index in [0.717, 1.165) is 12.0 Å². The van der Waals surface area contributed by atoms with Crippen molar-refractivity contribution in [2.45, 2.75) is 19.8 Å². The maximum atomic E-state index is 10.8. The van der Waals surface area contributed by atoms with Gasteiger partial charge in [-0.2, -0.15) is 0 Å². The van der Waals surface area contributed by atoms with Crippen molar-refractivity contribution in [3.05, 3.63) is 59.2 Å². The third-order valence-corrected chi connectivity index (χ3v) is 3.65. The second kappa shape index (κ2) is 5.85. The van der Waals surface area contributed by atoms with Crippen LogP contribution < -0.4 is 5.32 Å². The molecule has 0 bridgehead atoms. The molecule has 1 amide bonds. The van der Waals surface area contributed by atoms with Crippen LogP contribution in [0, 0.1) is 11.8 Å². The number of hydrogen-bond donors (Lipinski definition) is 1. The van der Waals surface area contributed by atoms with Gasteiger partial charge in [0.05, 0.1) is 0 Å². The van der Waals surface area contributed by atoms with Crippen LogP contribution in [0.5, 0.6) is 0 Å². The molecule has 0 radical (unpaired) electrons. The average Bonchev–Trinajstić information content (AvgIpc) is 2.84. The van der Waals surface area contributed by atoms with E-state index in [4.69, 9.17) is 0 Å². The Hall–Kier alpha value is -2.53. The number of carbonyl (C=O) groups excluding carboxylic acids is 1. The van der Waals surface area contributed by atoms with Gasteiger partial charge in [-0.3, -0.25) is 4.79 Å². The molecule has 1 aliphatic carbocycles. The minimum absolute atomic E-state index is 0.00732. The predicted molar refractivity (Wildman–Crippen MR) is 84.9 cm³/mol. The summed E-state index contributed by atoms with van der Waals surface area (Å²) in [4.78, 5) is 10.8. The van der Waals surface area contributed by atoms with Gasteiger partial charge in [0.25, 0.3) is 0 Å². The summed E-state index contributed by atoms with van der Waals surface area (Å²) in [6.07, 6.45) is 1.67. The highest BCUT2D eigenvalue weighted by Crippen LogP contribution is 2.36. The summed E-state index contributed by atoms with van der Waals surface area (Å²) in [7, 11) is 0. The second-order valence-corrected chi connectivity index (χ2v) is 5.24. The molecule has 0 saturated carbocycles. The van der Waals surface area contributed by atoms with Crippen LogP contribution in [0.2, 0.25) is 0 Å². The Morgan fingerprint density at radius 2 is 1.95 bits per heavy atom. The number of benzene rings is 2. The van der Waals surface area contributed by atoms with Gasteiger partial charge in [-0.05, 0) is 40.8 Å². The standard InChI is InChI=1S/C19H17NO/c1-14(21)20-11-5-4-6-15-9-10-19-17(12-15)13-16-7-2-3-8-18(16)19/h2-3,7-10,12H,5,11,13H2,1H3,(H,20,21). The molecular formula is C19H17NO. The monoisotopic (exact) mass is 275 g/mol. The molecule has 104 valence electrons. The van der Waals surface area contributed by atoms with E-state index in [2.05, 4.69) is 59.6 Å². The Bertz CT molecular complexity index is 750. The van der Waals surface area contributed by atoms with Gasteiger partial charge in [0.1, 0.15) is 0 Å². The van der Waals surface area contributed by atoms with Crippen molar-refractivity contribution in [1.29, 1.82) is 0 Å². The van der Waals surface area contributed by atoms with Gasteiger partial charge in [-0.1, -0.05) is 42.2 Å². The van der Waals surface area contributed by atoms with E-state index in [9.17, 15) is 4.79 Å². The van der Waals surface area contributed by atoms with E-state index in [0.29, 0.717) is 13.0 Å². The third-order valence-electron chi connectivity index (χ3n) is 3.65. The first-order valence-corrected chi connectivity index (χ1v) is 7.18. The molecule has 2 heteroatoms. The molecule has 1 aliphatic rings. The van der Waals surface area contributed by atoms with Crippen LogP contribution >= 0.6 is 0 Å². The molecule has 0 heterocycles. The topological polar surface area (TPSA) is 29.1 Å². The van der Waals surface area contributed by atoms with Crippen molar-refractivity contribution < 1.29 is 4.79 Å². The summed E-state index contributed by atoms with van der Waals surface area (Å²) in [6.45, 7) is 2.13. The predicted octanol–water partition coefficient (Wildman–Crippen LogP) is 3.14. The Balaban J connectivity index is 1.73. The van der Waals surface area contributed by atoms with Crippen molar-refractivity contribution in [1.82, 2.24) is 5.32 Å². The smallest absolute Gasteiger partial charge is 0.216 e. The Morgan fingerprint density at radius 1 is 1.14 bits per heavy atom. The van der Waals surface area contributed by atoms with Crippen LogP contribution in [0.4, 0.5) is 0 Å². The van der Waals surface area contributed by atoms with E-state index in [1.54, 1.807) is 0 Å². The zero-order valence-electron chi connectivity index (χ0n) is 12.1. The van der Waals surface area contributed by atoms with Crippen LogP contribution in [-0.4, -0.2) is 12.5 Å². The zero-order valence-corrected chi connectivity index (χ0v) is 12.1. The van der Waals surface area contributed by atoms with Crippen molar-refractivity contribution in [3.63, 3.8) is 0 Å². The fourth-order valence-corrected chi connectivity index (χ4v) is 2.69. The molecule has 1 N–H and O–H groups in total. The van der Waals surface area contributed by atoms with Gasteiger partial charge in [0.2, 0.25) is 5.91 Å². The second-order valence-electron chi connectivity index (χ2n) is 5.24. The van der Waals surface area contributed by atoms with Crippen molar-refractivity contribution in [2.24, 2.45) is 0 Å². The molecule has 0 aliphatic heterocycles. The summed E-state index contributed by atoms with van der Waals surface area (Å²) < 4.78 is 0. The quantitative estimate of drug-likeness (QED) is 0.565. The van der Waals surface area contributed by atoms with Crippen LogP contribution in [-0.2, 0) is 11.2 Å². The van der Waals surface area contributed by atoms with Gasteiger partial charge in [0, 0.05) is 25.5 Å². The van der Waals surface area contributed by atoms with Gasteiger partial charge in [0.15, 0.2) is 0 Å².